The Morgan fingerprint density at radius 2 is 1.92 bits per heavy atom. The van der Waals surface area contributed by atoms with Gasteiger partial charge >= 0.3 is 0 Å². The van der Waals surface area contributed by atoms with E-state index in [0.717, 1.165) is 24.4 Å². The van der Waals surface area contributed by atoms with E-state index in [-0.39, 0.29) is 11.9 Å². The Balaban J connectivity index is 1.71. The maximum atomic E-state index is 13.3. The zero-order valence-corrected chi connectivity index (χ0v) is 15.1. The Labute approximate surface area is 154 Å². The molecule has 1 heterocycles. The Bertz CT molecular complexity index is 727. The van der Waals surface area contributed by atoms with Crippen molar-refractivity contribution in [1.29, 1.82) is 0 Å². The predicted molar refractivity (Wildman–Crippen MR) is 99.9 cm³/mol. The summed E-state index contributed by atoms with van der Waals surface area (Å²) in [4.78, 5) is 14.8. The van der Waals surface area contributed by atoms with E-state index in [4.69, 9.17) is 4.74 Å². The number of carbonyl (C=O) groups excluding carboxylic acids is 1. The number of likely N-dealkylation sites (tertiary alicyclic amines) is 1. The highest BCUT2D eigenvalue weighted by molar-refractivity contribution is 5.94. The Morgan fingerprint density at radius 3 is 2.58 bits per heavy atom. The minimum absolute atomic E-state index is 0.102. The molecular formula is C21H25FN2O2. The van der Waals surface area contributed by atoms with Crippen LogP contribution < -0.4 is 10.1 Å². The summed E-state index contributed by atoms with van der Waals surface area (Å²) in [6.07, 6.45) is 2.34. The molecule has 2 aromatic carbocycles. The summed E-state index contributed by atoms with van der Waals surface area (Å²) in [6.45, 7) is 5.13. The highest BCUT2D eigenvalue weighted by Gasteiger charge is 2.24. The van der Waals surface area contributed by atoms with Crippen LogP contribution >= 0.6 is 0 Å². The normalized spacial score (nSPS) is 15.6. The molecule has 0 aromatic heterocycles. The van der Waals surface area contributed by atoms with Gasteiger partial charge in [0.2, 0.25) is 0 Å². The van der Waals surface area contributed by atoms with Gasteiger partial charge in [-0.1, -0.05) is 18.2 Å². The second-order valence-electron chi connectivity index (χ2n) is 6.48. The van der Waals surface area contributed by atoms with Gasteiger partial charge < -0.3 is 10.1 Å². The van der Waals surface area contributed by atoms with Gasteiger partial charge in [0.15, 0.2) is 0 Å². The van der Waals surface area contributed by atoms with Gasteiger partial charge in [-0.3, -0.25) is 9.69 Å². The maximum absolute atomic E-state index is 13.3. The van der Waals surface area contributed by atoms with Crippen molar-refractivity contribution >= 4 is 5.91 Å². The van der Waals surface area contributed by atoms with E-state index >= 15 is 0 Å². The fourth-order valence-corrected chi connectivity index (χ4v) is 3.39. The standard InChI is InChI=1S/C21H25FN2O2/c1-2-26-19-10-8-16(9-11-19)20(24-12-3-4-13-24)15-23-21(25)17-6-5-7-18(22)14-17/h5-11,14,20H,2-4,12-13,15H2,1H3,(H,23,25). The van der Waals surface area contributed by atoms with Gasteiger partial charge in [0.25, 0.3) is 5.91 Å². The first-order valence-corrected chi connectivity index (χ1v) is 9.18. The molecular weight excluding hydrogens is 331 g/mol. The Morgan fingerprint density at radius 1 is 1.19 bits per heavy atom. The molecule has 0 radical (unpaired) electrons. The van der Waals surface area contributed by atoms with Crippen molar-refractivity contribution in [2.24, 2.45) is 0 Å². The number of amides is 1. The van der Waals surface area contributed by atoms with Crippen molar-refractivity contribution < 1.29 is 13.9 Å². The average Bonchev–Trinajstić information content (AvgIpc) is 3.18. The van der Waals surface area contributed by atoms with Crippen LogP contribution in [0.2, 0.25) is 0 Å². The third-order valence-electron chi connectivity index (χ3n) is 4.70. The molecule has 5 heteroatoms. The van der Waals surface area contributed by atoms with Crippen molar-refractivity contribution in [2.75, 3.05) is 26.2 Å². The number of halogens is 1. The molecule has 0 aliphatic carbocycles. The molecule has 1 N–H and O–H groups in total. The van der Waals surface area contributed by atoms with E-state index < -0.39 is 5.82 Å². The van der Waals surface area contributed by atoms with Crippen molar-refractivity contribution in [3.8, 4) is 5.75 Å². The fraction of sp³-hybridized carbons (Fsp3) is 0.381. The van der Waals surface area contributed by atoms with Crippen LogP contribution in [0.1, 0.15) is 41.7 Å². The van der Waals surface area contributed by atoms with Crippen LogP contribution in [0.5, 0.6) is 5.75 Å². The summed E-state index contributed by atoms with van der Waals surface area (Å²) in [6, 6.07) is 13.9. The van der Waals surface area contributed by atoms with Crippen LogP contribution in [-0.4, -0.2) is 37.0 Å². The predicted octanol–water partition coefficient (Wildman–Crippen LogP) is 3.79. The topological polar surface area (TPSA) is 41.6 Å². The maximum Gasteiger partial charge on any atom is 0.251 e. The molecule has 3 rings (SSSR count). The largest absolute Gasteiger partial charge is 0.494 e. The van der Waals surface area contributed by atoms with Gasteiger partial charge in [-0.15, -0.1) is 0 Å². The lowest BCUT2D eigenvalue weighted by Gasteiger charge is -2.28. The molecule has 1 atom stereocenters. The lowest BCUT2D eigenvalue weighted by molar-refractivity contribution is 0.0937. The first-order chi connectivity index (χ1) is 12.7. The number of nitrogens with one attached hydrogen (secondary N) is 1. The molecule has 138 valence electrons. The zero-order chi connectivity index (χ0) is 18.4. The third kappa shape index (κ3) is 4.61. The second kappa shape index (κ2) is 8.81. The summed E-state index contributed by atoms with van der Waals surface area (Å²) in [5, 5.41) is 2.96. The molecule has 1 saturated heterocycles. The molecule has 0 bridgehead atoms. The molecule has 1 amide bonds. The number of hydrogen-bond acceptors (Lipinski definition) is 3. The van der Waals surface area contributed by atoms with Crippen LogP contribution in [0.3, 0.4) is 0 Å². The van der Waals surface area contributed by atoms with Gasteiger partial charge in [0.05, 0.1) is 12.6 Å². The lowest BCUT2D eigenvalue weighted by Crippen LogP contribution is -2.36. The van der Waals surface area contributed by atoms with E-state index in [9.17, 15) is 9.18 Å². The summed E-state index contributed by atoms with van der Waals surface area (Å²) >= 11 is 0. The van der Waals surface area contributed by atoms with E-state index in [2.05, 4.69) is 22.3 Å². The molecule has 4 nitrogen and oxygen atoms in total. The minimum atomic E-state index is -0.403. The van der Waals surface area contributed by atoms with Crippen molar-refractivity contribution in [1.82, 2.24) is 10.2 Å². The summed E-state index contributed by atoms with van der Waals surface area (Å²) in [7, 11) is 0. The smallest absolute Gasteiger partial charge is 0.251 e. The molecule has 1 aliphatic heterocycles. The van der Waals surface area contributed by atoms with Gasteiger partial charge in [-0.2, -0.15) is 0 Å². The SMILES string of the molecule is CCOc1ccc(C(CNC(=O)c2cccc(F)c2)N2CCCC2)cc1. The van der Waals surface area contributed by atoms with Crippen LogP contribution in [0, 0.1) is 5.82 Å². The fourth-order valence-electron chi connectivity index (χ4n) is 3.39. The first kappa shape index (κ1) is 18.4. The Kier molecular flexibility index (Phi) is 6.23. The molecule has 1 fully saturated rings. The highest BCUT2D eigenvalue weighted by Crippen LogP contribution is 2.26. The highest BCUT2D eigenvalue weighted by atomic mass is 19.1. The third-order valence-corrected chi connectivity index (χ3v) is 4.70. The number of rotatable bonds is 7. The van der Waals surface area contributed by atoms with Gasteiger partial charge in [0.1, 0.15) is 11.6 Å². The van der Waals surface area contributed by atoms with Gasteiger partial charge in [-0.05, 0) is 68.8 Å². The number of ether oxygens (including phenoxy) is 1. The minimum Gasteiger partial charge on any atom is -0.494 e. The van der Waals surface area contributed by atoms with Crippen LogP contribution in [-0.2, 0) is 0 Å². The monoisotopic (exact) mass is 356 g/mol. The van der Waals surface area contributed by atoms with E-state index in [1.165, 1.54) is 25.0 Å². The summed E-state index contributed by atoms with van der Waals surface area (Å²) < 4.78 is 18.9. The molecule has 0 saturated carbocycles. The van der Waals surface area contributed by atoms with Gasteiger partial charge in [-0.25, -0.2) is 4.39 Å². The van der Waals surface area contributed by atoms with E-state index in [1.807, 2.05) is 19.1 Å². The molecule has 1 aliphatic rings. The lowest BCUT2D eigenvalue weighted by atomic mass is 10.0. The Hall–Kier alpha value is -2.40. The van der Waals surface area contributed by atoms with Crippen molar-refractivity contribution in [3.63, 3.8) is 0 Å². The van der Waals surface area contributed by atoms with Crippen molar-refractivity contribution in [3.05, 3.63) is 65.5 Å². The van der Waals surface area contributed by atoms with Crippen LogP contribution in [0.4, 0.5) is 4.39 Å². The zero-order valence-electron chi connectivity index (χ0n) is 15.1. The number of nitrogens with zero attached hydrogens (tertiary/aromatic N) is 1. The van der Waals surface area contributed by atoms with Crippen LogP contribution in [0.15, 0.2) is 48.5 Å². The summed E-state index contributed by atoms with van der Waals surface area (Å²) in [5.74, 6) is 0.195. The molecule has 26 heavy (non-hydrogen) atoms. The van der Waals surface area contributed by atoms with Crippen LogP contribution in [0.25, 0.3) is 0 Å². The average molecular weight is 356 g/mol. The van der Waals surface area contributed by atoms with E-state index in [1.54, 1.807) is 12.1 Å². The number of carbonyl (C=O) groups is 1. The number of benzene rings is 2. The van der Waals surface area contributed by atoms with Crippen molar-refractivity contribution in [2.45, 2.75) is 25.8 Å². The van der Waals surface area contributed by atoms with Gasteiger partial charge in [0, 0.05) is 12.1 Å². The molecule has 1 unspecified atom stereocenters. The summed E-state index contributed by atoms with van der Waals surface area (Å²) in [5.41, 5.74) is 1.49. The first-order valence-electron chi connectivity index (χ1n) is 9.18. The second-order valence-corrected chi connectivity index (χ2v) is 6.48. The molecule has 0 spiro atoms. The quantitative estimate of drug-likeness (QED) is 0.821. The molecule has 2 aromatic rings. The number of hydrogen-bond donors (Lipinski definition) is 1. The van der Waals surface area contributed by atoms with E-state index in [0.29, 0.717) is 18.7 Å².